The van der Waals surface area contributed by atoms with Crippen molar-refractivity contribution < 1.29 is 4.79 Å². The SMILES string of the molecule is O=C(c1cccs1)N1CCn2cccc2C1c1ccc(Cl)c(Cl)c1. The zero-order chi connectivity index (χ0) is 16.7. The Hall–Kier alpha value is -1.75. The van der Waals surface area contributed by atoms with E-state index in [1.165, 1.54) is 11.3 Å². The molecule has 0 aliphatic carbocycles. The van der Waals surface area contributed by atoms with E-state index in [9.17, 15) is 4.79 Å². The van der Waals surface area contributed by atoms with Gasteiger partial charge in [-0.3, -0.25) is 4.79 Å². The number of benzene rings is 1. The number of carbonyl (C=O) groups is 1. The van der Waals surface area contributed by atoms with Gasteiger partial charge in [-0.2, -0.15) is 0 Å². The number of thiophene rings is 1. The maximum Gasteiger partial charge on any atom is 0.264 e. The summed E-state index contributed by atoms with van der Waals surface area (Å²) in [5.41, 5.74) is 2.05. The van der Waals surface area contributed by atoms with Crippen LogP contribution in [0.5, 0.6) is 0 Å². The monoisotopic (exact) mass is 376 g/mol. The van der Waals surface area contributed by atoms with Crippen LogP contribution in [0.4, 0.5) is 0 Å². The molecule has 0 fully saturated rings. The fourth-order valence-electron chi connectivity index (χ4n) is 3.18. The van der Waals surface area contributed by atoms with E-state index in [2.05, 4.69) is 10.6 Å². The summed E-state index contributed by atoms with van der Waals surface area (Å²) in [4.78, 5) is 15.7. The highest BCUT2D eigenvalue weighted by atomic mass is 35.5. The number of halogens is 2. The number of aromatic nitrogens is 1. The van der Waals surface area contributed by atoms with Gasteiger partial charge in [-0.15, -0.1) is 11.3 Å². The Balaban J connectivity index is 1.81. The lowest BCUT2D eigenvalue weighted by atomic mass is 9.99. The first-order chi connectivity index (χ1) is 11.6. The first-order valence-corrected chi connectivity index (χ1v) is 9.23. The van der Waals surface area contributed by atoms with E-state index in [-0.39, 0.29) is 11.9 Å². The van der Waals surface area contributed by atoms with Crippen molar-refractivity contribution in [1.82, 2.24) is 9.47 Å². The molecule has 3 aromatic rings. The molecule has 0 saturated carbocycles. The lowest BCUT2D eigenvalue weighted by Gasteiger charge is -2.37. The molecule has 0 bridgehead atoms. The van der Waals surface area contributed by atoms with Gasteiger partial charge >= 0.3 is 0 Å². The molecule has 1 amide bonds. The Morgan fingerprint density at radius 1 is 1.08 bits per heavy atom. The molecule has 0 saturated heterocycles. The molecule has 1 aliphatic heterocycles. The van der Waals surface area contributed by atoms with E-state index in [1.807, 2.05) is 46.8 Å². The lowest BCUT2D eigenvalue weighted by Crippen LogP contribution is -2.42. The Labute approximate surface area is 154 Å². The Bertz CT molecular complexity index is 888. The molecule has 3 nitrogen and oxygen atoms in total. The number of rotatable bonds is 2. The fraction of sp³-hybridized carbons (Fsp3) is 0.167. The second-order valence-corrected chi connectivity index (χ2v) is 7.44. The standard InChI is InChI=1S/C18H14Cl2N2OS/c19-13-6-5-12(11-14(13)20)17-15-3-1-7-21(15)8-9-22(17)18(23)16-4-2-10-24-16/h1-7,10-11,17H,8-9H2. The third kappa shape index (κ3) is 2.65. The van der Waals surface area contributed by atoms with Crippen molar-refractivity contribution in [3.05, 3.63) is 80.2 Å². The quantitative estimate of drug-likeness (QED) is 0.610. The predicted molar refractivity (Wildman–Crippen MR) is 98.1 cm³/mol. The first kappa shape index (κ1) is 15.8. The van der Waals surface area contributed by atoms with Crippen molar-refractivity contribution >= 4 is 40.4 Å². The van der Waals surface area contributed by atoms with Gasteiger partial charge in [0.1, 0.15) is 0 Å². The molecule has 122 valence electrons. The van der Waals surface area contributed by atoms with Gasteiger partial charge in [0, 0.05) is 25.0 Å². The van der Waals surface area contributed by atoms with Crippen LogP contribution < -0.4 is 0 Å². The van der Waals surface area contributed by atoms with Crippen LogP contribution in [0.25, 0.3) is 0 Å². The van der Waals surface area contributed by atoms with E-state index < -0.39 is 0 Å². The molecule has 24 heavy (non-hydrogen) atoms. The zero-order valence-corrected chi connectivity index (χ0v) is 15.0. The van der Waals surface area contributed by atoms with Crippen LogP contribution in [0.3, 0.4) is 0 Å². The summed E-state index contributed by atoms with van der Waals surface area (Å²) in [5, 5.41) is 2.94. The van der Waals surface area contributed by atoms with Crippen LogP contribution in [0.2, 0.25) is 10.0 Å². The van der Waals surface area contributed by atoms with E-state index >= 15 is 0 Å². The number of hydrogen-bond acceptors (Lipinski definition) is 2. The van der Waals surface area contributed by atoms with E-state index in [4.69, 9.17) is 23.2 Å². The minimum absolute atomic E-state index is 0.0496. The smallest absolute Gasteiger partial charge is 0.264 e. The largest absolute Gasteiger partial charge is 0.348 e. The summed E-state index contributed by atoms with van der Waals surface area (Å²) in [6, 6.07) is 13.3. The molecule has 3 heterocycles. The highest BCUT2D eigenvalue weighted by Crippen LogP contribution is 2.36. The zero-order valence-electron chi connectivity index (χ0n) is 12.7. The van der Waals surface area contributed by atoms with Gasteiger partial charge < -0.3 is 9.47 Å². The topological polar surface area (TPSA) is 25.2 Å². The fourth-order valence-corrected chi connectivity index (χ4v) is 4.16. The average Bonchev–Trinajstić information content (AvgIpc) is 3.27. The average molecular weight is 377 g/mol. The summed E-state index contributed by atoms with van der Waals surface area (Å²) in [7, 11) is 0. The molecule has 1 atom stereocenters. The molecular formula is C18H14Cl2N2OS. The molecule has 6 heteroatoms. The molecule has 1 aromatic carbocycles. The Morgan fingerprint density at radius 3 is 2.71 bits per heavy atom. The van der Waals surface area contributed by atoms with Crippen LogP contribution in [0, 0.1) is 0 Å². The second-order valence-electron chi connectivity index (χ2n) is 5.68. The third-order valence-corrected chi connectivity index (χ3v) is 5.89. The summed E-state index contributed by atoms with van der Waals surface area (Å²) < 4.78 is 2.19. The van der Waals surface area contributed by atoms with Gasteiger partial charge in [-0.1, -0.05) is 35.3 Å². The van der Waals surface area contributed by atoms with Gasteiger partial charge in [-0.05, 0) is 41.3 Å². The van der Waals surface area contributed by atoms with Gasteiger partial charge in [0.25, 0.3) is 5.91 Å². The van der Waals surface area contributed by atoms with E-state index in [0.717, 1.165) is 22.7 Å². The highest BCUT2D eigenvalue weighted by molar-refractivity contribution is 7.12. The first-order valence-electron chi connectivity index (χ1n) is 7.59. The molecule has 2 aromatic heterocycles. The lowest BCUT2D eigenvalue weighted by molar-refractivity contribution is 0.0669. The van der Waals surface area contributed by atoms with Crippen LogP contribution >= 0.6 is 34.5 Å². The highest BCUT2D eigenvalue weighted by Gasteiger charge is 2.33. The van der Waals surface area contributed by atoms with Crippen molar-refractivity contribution in [1.29, 1.82) is 0 Å². The maximum atomic E-state index is 13.0. The van der Waals surface area contributed by atoms with Crippen molar-refractivity contribution in [3.8, 4) is 0 Å². The number of fused-ring (bicyclic) bond motifs is 1. The van der Waals surface area contributed by atoms with Crippen molar-refractivity contribution in [2.45, 2.75) is 12.6 Å². The molecule has 0 N–H and O–H groups in total. The second kappa shape index (κ2) is 6.28. The third-order valence-electron chi connectivity index (χ3n) is 4.29. The van der Waals surface area contributed by atoms with Crippen LogP contribution in [0.15, 0.2) is 54.0 Å². The van der Waals surface area contributed by atoms with Gasteiger partial charge in [0.15, 0.2) is 0 Å². The number of hydrogen-bond donors (Lipinski definition) is 0. The normalized spacial score (nSPS) is 16.9. The van der Waals surface area contributed by atoms with Crippen molar-refractivity contribution in [2.75, 3.05) is 6.54 Å². The maximum absolute atomic E-state index is 13.0. The molecule has 1 unspecified atom stereocenters. The Morgan fingerprint density at radius 2 is 1.96 bits per heavy atom. The van der Waals surface area contributed by atoms with E-state index in [0.29, 0.717) is 16.6 Å². The van der Waals surface area contributed by atoms with E-state index in [1.54, 1.807) is 6.07 Å². The Kier molecular flexibility index (Phi) is 4.12. The molecule has 0 radical (unpaired) electrons. The van der Waals surface area contributed by atoms with Crippen molar-refractivity contribution in [3.63, 3.8) is 0 Å². The predicted octanol–water partition coefficient (Wildman–Crippen LogP) is 5.10. The van der Waals surface area contributed by atoms with Crippen LogP contribution in [0.1, 0.15) is 27.0 Å². The minimum Gasteiger partial charge on any atom is -0.348 e. The van der Waals surface area contributed by atoms with Crippen molar-refractivity contribution in [2.24, 2.45) is 0 Å². The molecular weight excluding hydrogens is 363 g/mol. The molecule has 0 spiro atoms. The minimum atomic E-state index is -0.168. The summed E-state index contributed by atoms with van der Waals surface area (Å²) in [6.45, 7) is 1.45. The van der Waals surface area contributed by atoms with Crippen LogP contribution in [-0.4, -0.2) is 21.9 Å². The van der Waals surface area contributed by atoms with Gasteiger partial charge in [-0.25, -0.2) is 0 Å². The van der Waals surface area contributed by atoms with Crippen LogP contribution in [-0.2, 0) is 6.54 Å². The summed E-state index contributed by atoms with van der Waals surface area (Å²) >= 11 is 13.7. The number of amides is 1. The van der Waals surface area contributed by atoms with Gasteiger partial charge in [0.05, 0.1) is 21.0 Å². The van der Waals surface area contributed by atoms with Gasteiger partial charge in [0.2, 0.25) is 0 Å². The molecule has 4 rings (SSSR count). The number of carbonyl (C=O) groups excluding carboxylic acids is 1. The molecule has 1 aliphatic rings. The summed E-state index contributed by atoms with van der Waals surface area (Å²) in [6.07, 6.45) is 2.05. The summed E-state index contributed by atoms with van der Waals surface area (Å²) in [5.74, 6) is 0.0496. The number of nitrogens with zero attached hydrogens (tertiary/aromatic N) is 2.